The van der Waals surface area contributed by atoms with Crippen molar-refractivity contribution in [1.82, 2.24) is 0 Å². The van der Waals surface area contributed by atoms with Gasteiger partial charge in [0.25, 0.3) is 0 Å². The minimum absolute atomic E-state index is 0.308. The standard InChI is InChI=1S/C21H18F4/c1-2-3-4-14-5-11-19-16(13-14)8-12-18(20(19)22)15-6-9-17(10-7-15)21(23,24)25/h5-13H,2-4H2,1H3. The zero-order valence-electron chi connectivity index (χ0n) is 13.8. The Hall–Kier alpha value is -2.36. The molecule has 3 rings (SSSR count). The van der Waals surface area contributed by atoms with Gasteiger partial charge in [0.2, 0.25) is 0 Å². The largest absolute Gasteiger partial charge is 0.416 e. The van der Waals surface area contributed by atoms with Crippen LogP contribution in [-0.2, 0) is 12.6 Å². The molecule has 0 amide bonds. The highest BCUT2D eigenvalue weighted by Gasteiger charge is 2.30. The van der Waals surface area contributed by atoms with Crippen LogP contribution >= 0.6 is 0 Å². The summed E-state index contributed by atoms with van der Waals surface area (Å²) in [5, 5.41) is 1.29. The summed E-state index contributed by atoms with van der Waals surface area (Å²) >= 11 is 0. The maximum Gasteiger partial charge on any atom is 0.416 e. The predicted molar refractivity (Wildman–Crippen MR) is 93.0 cm³/mol. The summed E-state index contributed by atoms with van der Waals surface area (Å²) in [6.45, 7) is 2.12. The minimum atomic E-state index is -4.39. The van der Waals surface area contributed by atoms with Gasteiger partial charge in [-0.05, 0) is 41.5 Å². The van der Waals surface area contributed by atoms with E-state index >= 15 is 0 Å². The van der Waals surface area contributed by atoms with E-state index in [0.29, 0.717) is 16.5 Å². The second-order valence-electron chi connectivity index (χ2n) is 6.16. The van der Waals surface area contributed by atoms with E-state index in [1.807, 2.05) is 18.2 Å². The first-order chi connectivity index (χ1) is 11.9. The summed E-state index contributed by atoms with van der Waals surface area (Å²) in [5.41, 5.74) is 1.17. The van der Waals surface area contributed by atoms with E-state index in [1.54, 1.807) is 12.1 Å². The summed E-state index contributed by atoms with van der Waals surface area (Å²) < 4.78 is 52.8. The topological polar surface area (TPSA) is 0 Å². The van der Waals surface area contributed by atoms with Gasteiger partial charge in [-0.25, -0.2) is 4.39 Å². The second kappa shape index (κ2) is 6.87. The van der Waals surface area contributed by atoms with Gasteiger partial charge in [-0.1, -0.05) is 55.8 Å². The smallest absolute Gasteiger partial charge is 0.206 e. The van der Waals surface area contributed by atoms with Crippen LogP contribution in [0.15, 0.2) is 54.6 Å². The molecular formula is C21H18F4. The van der Waals surface area contributed by atoms with E-state index < -0.39 is 17.6 Å². The number of unbranched alkanes of at least 4 members (excludes halogenated alkanes) is 1. The molecule has 0 unspecified atom stereocenters. The SMILES string of the molecule is CCCCc1ccc2c(F)c(-c3ccc(C(F)(F)F)cc3)ccc2c1. The van der Waals surface area contributed by atoms with E-state index in [2.05, 4.69) is 6.92 Å². The molecule has 25 heavy (non-hydrogen) atoms. The average Bonchev–Trinajstić information content (AvgIpc) is 2.59. The number of halogens is 4. The minimum Gasteiger partial charge on any atom is -0.206 e. The van der Waals surface area contributed by atoms with Gasteiger partial charge in [0, 0.05) is 10.9 Å². The van der Waals surface area contributed by atoms with Crippen molar-refractivity contribution in [2.75, 3.05) is 0 Å². The van der Waals surface area contributed by atoms with Crippen LogP contribution in [0.5, 0.6) is 0 Å². The van der Waals surface area contributed by atoms with Crippen LogP contribution in [0.3, 0.4) is 0 Å². The summed E-state index contributed by atoms with van der Waals surface area (Å²) in [4.78, 5) is 0. The highest BCUT2D eigenvalue weighted by atomic mass is 19.4. The zero-order chi connectivity index (χ0) is 18.0. The first kappa shape index (κ1) is 17.5. The number of rotatable bonds is 4. The fraction of sp³-hybridized carbons (Fsp3) is 0.238. The van der Waals surface area contributed by atoms with E-state index in [1.165, 1.54) is 12.1 Å². The second-order valence-corrected chi connectivity index (χ2v) is 6.16. The Morgan fingerprint density at radius 1 is 0.880 bits per heavy atom. The molecule has 3 aromatic carbocycles. The third-order valence-corrected chi connectivity index (χ3v) is 4.36. The Labute approximate surface area is 144 Å². The fourth-order valence-electron chi connectivity index (χ4n) is 2.94. The molecule has 0 N–H and O–H groups in total. The van der Waals surface area contributed by atoms with Crippen LogP contribution in [-0.4, -0.2) is 0 Å². The van der Waals surface area contributed by atoms with Gasteiger partial charge in [0.1, 0.15) is 5.82 Å². The molecule has 0 aliphatic carbocycles. The molecule has 4 heteroatoms. The van der Waals surface area contributed by atoms with Crippen LogP contribution < -0.4 is 0 Å². The van der Waals surface area contributed by atoms with E-state index in [9.17, 15) is 17.6 Å². The third-order valence-electron chi connectivity index (χ3n) is 4.36. The average molecular weight is 346 g/mol. The number of aryl methyl sites for hydroxylation is 1. The van der Waals surface area contributed by atoms with E-state index in [4.69, 9.17) is 0 Å². The maximum absolute atomic E-state index is 14.9. The van der Waals surface area contributed by atoms with Gasteiger partial charge < -0.3 is 0 Å². The molecule has 130 valence electrons. The predicted octanol–water partition coefficient (Wildman–Crippen LogP) is 7.01. The van der Waals surface area contributed by atoms with Crippen LogP contribution in [0.25, 0.3) is 21.9 Å². The van der Waals surface area contributed by atoms with Crippen molar-refractivity contribution in [3.63, 3.8) is 0 Å². The van der Waals surface area contributed by atoms with Crippen LogP contribution in [0.2, 0.25) is 0 Å². The molecule has 0 bridgehead atoms. The molecule has 0 spiro atoms. The number of fused-ring (bicyclic) bond motifs is 1. The lowest BCUT2D eigenvalue weighted by molar-refractivity contribution is -0.137. The summed E-state index contributed by atoms with van der Waals surface area (Å²) in [6.07, 6.45) is -1.26. The Morgan fingerprint density at radius 2 is 1.60 bits per heavy atom. The molecule has 0 saturated heterocycles. The maximum atomic E-state index is 14.9. The van der Waals surface area contributed by atoms with Crippen molar-refractivity contribution < 1.29 is 17.6 Å². The molecule has 0 aliphatic rings. The molecule has 0 heterocycles. The van der Waals surface area contributed by atoms with E-state index in [0.717, 1.165) is 42.3 Å². The number of benzene rings is 3. The van der Waals surface area contributed by atoms with Crippen molar-refractivity contribution in [1.29, 1.82) is 0 Å². The lowest BCUT2D eigenvalue weighted by Gasteiger charge is -2.10. The van der Waals surface area contributed by atoms with Crippen molar-refractivity contribution in [2.45, 2.75) is 32.4 Å². The van der Waals surface area contributed by atoms with Crippen molar-refractivity contribution >= 4 is 10.8 Å². The van der Waals surface area contributed by atoms with Gasteiger partial charge in [-0.3, -0.25) is 0 Å². The van der Waals surface area contributed by atoms with Crippen molar-refractivity contribution in [3.8, 4) is 11.1 Å². The molecule has 3 aromatic rings. The lowest BCUT2D eigenvalue weighted by Crippen LogP contribution is -2.04. The molecule has 0 nitrogen and oxygen atoms in total. The monoisotopic (exact) mass is 346 g/mol. The first-order valence-electron chi connectivity index (χ1n) is 8.29. The number of alkyl halides is 3. The third kappa shape index (κ3) is 3.68. The molecular weight excluding hydrogens is 328 g/mol. The lowest BCUT2D eigenvalue weighted by atomic mass is 9.97. The first-order valence-corrected chi connectivity index (χ1v) is 8.29. The van der Waals surface area contributed by atoms with Gasteiger partial charge in [-0.2, -0.15) is 13.2 Å². The van der Waals surface area contributed by atoms with Crippen LogP contribution in [0.1, 0.15) is 30.9 Å². The van der Waals surface area contributed by atoms with Crippen molar-refractivity contribution in [3.05, 3.63) is 71.5 Å². The normalized spacial score (nSPS) is 11.9. The Balaban J connectivity index is 1.98. The van der Waals surface area contributed by atoms with Gasteiger partial charge in [0.15, 0.2) is 0 Å². The van der Waals surface area contributed by atoms with Crippen LogP contribution in [0, 0.1) is 5.82 Å². The van der Waals surface area contributed by atoms with Crippen molar-refractivity contribution in [2.24, 2.45) is 0 Å². The molecule has 0 saturated carbocycles. The van der Waals surface area contributed by atoms with Gasteiger partial charge in [-0.15, -0.1) is 0 Å². The highest BCUT2D eigenvalue weighted by molar-refractivity contribution is 5.88. The molecule has 0 aliphatic heterocycles. The summed E-state index contributed by atoms with van der Waals surface area (Å²) in [5.74, 6) is -0.403. The van der Waals surface area contributed by atoms with Gasteiger partial charge in [0.05, 0.1) is 5.56 Å². The number of hydrogen-bond acceptors (Lipinski definition) is 0. The Bertz CT molecular complexity index is 877. The summed E-state index contributed by atoms with van der Waals surface area (Å²) in [7, 11) is 0. The summed E-state index contributed by atoms with van der Waals surface area (Å²) in [6, 6.07) is 13.7. The quantitative estimate of drug-likeness (QED) is 0.446. The van der Waals surface area contributed by atoms with E-state index in [-0.39, 0.29) is 0 Å². The Morgan fingerprint density at radius 3 is 2.24 bits per heavy atom. The molecule has 0 fully saturated rings. The zero-order valence-corrected chi connectivity index (χ0v) is 13.8. The molecule has 0 aromatic heterocycles. The van der Waals surface area contributed by atoms with Crippen LogP contribution in [0.4, 0.5) is 17.6 Å². The molecule has 0 atom stereocenters. The Kier molecular flexibility index (Phi) is 4.80. The van der Waals surface area contributed by atoms with Gasteiger partial charge >= 0.3 is 6.18 Å². The number of hydrogen-bond donors (Lipinski definition) is 0. The fourth-order valence-corrected chi connectivity index (χ4v) is 2.94. The highest BCUT2D eigenvalue weighted by Crippen LogP contribution is 2.33. The molecule has 0 radical (unpaired) electrons.